The summed E-state index contributed by atoms with van der Waals surface area (Å²) in [7, 11) is -3.67. The maximum atomic E-state index is 12.9. The van der Waals surface area contributed by atoms with Crippen LogP contribution in [0.15, 0.2) is 39.7 Å². The highest BCUT2D eigenvalue weighted by atomic mass is 79.9. The molecule has 1 aromatic rings. The molecule has 0 aliphatic carbocycles. The third kappa shape index (κ3) is 5.40. The Hall–Kier alpha value is -0.760. The second kappa shape index (κ2) is 7.14. The summed E-state index contributed by atoms with van der Waals surface area (Å²) in [6, 6.07) is 3.40. The van der Waals surface area contributed by atoms with E-state index in [4.69, 9.17) is 4.74 Å². The number of ether oxygens (including phenoxy) is 1. The molecule has 4 nitrogen and oxygen atoms in total. The first-order valence-electron chi connectivity index (χ1n) is 5.50. The lowest BCUT2D eigenvalue weighted by molar-refractivity contribution is 0.162. The summed E-state index contributed by atoms with van der Waals surface area (Å²) in [6.07, 6.45) is 0. The van der Waals surface area contributed by atoms with Gasteiger partial charge in [-0.05, 0) is 41.1 Å². The van der Waals surface area contributed by atoms with E-state index in [9.17, 15) is 12.8 Å². The quantitative estimate of drug-likeness (QED) is 0.606. The van der Waals surface area contributed by atoms with Crippen LogP contribution < -0.4 is 4.72 Å². The molecule has 106 valence electrons. The monoisotopic (exact) mass is 351 g/mol. The van der Waals surface area contributed by atoms with Crippen molar-refractivity contribution in [3.63, 3.8) is 0 Å². The number of hydrogen-bond donors (Lipinski definition) is 1. The topological polar surface area (TPSA) is 55.4 Å². The van der Waals surface area contributed by atoms with Gasteiger partial charge in [-0.3, -0.25) is 0 Å². The van der Waals surface area contributed by atoms with E-state index < -0.39 is 15.8 Å². The zero-order valence-corrected chi connectivity index (χ0v) is 12.9. The van der Waals surface area contributed by atoms with Gasteiger partial charge in [0.1, 0.15) is 5.82 Å². The number of halogens is 2. The molecule has 0 aromatic heterocycles. The van der Waals surface area contributed by atoms with E-state index in [0.29, 0.717) is 6.61 Å². The Bertz CT molecular complexity index is 560. The Balaban J connectivity index is 2.59. The van der Waals surface area contributed by atoms with Gasteiger partial charge in [-0.2, -0.15) is 0 Å². The average molecular weight is 352 g/mol. The van der Waals surface area contributed by atoms with E-state index in [0.717, 1.165) is 17.7 Å². The summed E-state index contributed by atoms with van der Waals surface area (Å²) in [6.45, 7) is 6.25. The predicted molar refractivity (Wildman–Crippen MR) is 74.9 cm³/mol. The van der Waals surface area contributed by atoms with Crippen molar-refractivity contribution in [3.05, 3.63) is 40.6 Å². The lowest BCUT2D eigenvalue weighted by Gasteiger charge is -2.09. The van der Waals surface area contributed by atoms with Crippen molar-refractivity contribution < 1.29 is 17.5 Å². The molecule has 0 radical (unpaired) electrons. The van der Waals surface area contributed by atoms with Crippen LogP contribution in [0.4, 0.5) is 4.39 Å². The molecule has 0 bridgehead atoms. The predicted octanol–water partition coefficient (Wildman–Crippen LogP) is 2.46. The molecule has 1 aromatic carbocycles. The van der Waals surface area contributed by atoms with Crippen LogP contribution >= 0.6 is 15.9 Å². The van der Waals surface area contributed by atoms with Crippen LogP contribution in [0, 0.1) is 5.82 Å². The van der Waals surface area contributed by atoms with Crippen molar-refractivity contribution in [3.8, 4) is 0 Å². The van der Waals surface area contributed by atoms with Crippen molar-refractivity contribution in [1.29, 1.82) is 0 Å². The van der Waals surface area contributed by atoms with Crippen LogP contribution in [0.25, 0.3) is 0 Å². The standard InChI is InChI=1S/C12H15BrFNO3S/c1-9(2)8-18-6-5-15-19(16,17)12-4-3-10(14)7-11(12)13/h3-4,7,15H,1,5-6,8H2,2H3. The first kappa shape index (κ1) is 16.3. The van der Waals surface area contributed by atoms with Crippen molar-refractivity contribution in [2.24, 2.45) is 0 Å². The van der Waals surface area contributed by atoms with E-state index in [-0.39, 0.29) is 22.5 Å². The normalized spacial score (nSPS) is 11.5. The third-order valence-corrected chi connectivity index (χ3v) is 4.51. The molecule has 0 fully saturated rings. The van der Waals surface area contributed by atoms with Crippen molar-refractivity contribution in [2.75, 3.05) is 19.8 Å². The molecule has 0 unspecified atom stereocenters. The molecular weight excluding hydrogens is 337 g/mol. The summed E-state index contributed by atoms with van der Waals surface area (Å²) < 4.78 is 44.5. The Morgan fingerprint density at radius 3 is 2.79 bits per heavy atom. The molecule has 0 saturated carbocycles. The molecule has 0 spiro atoms. The number of rotatable bonds is 7. The van der Waals surface area contributed by atoms with E-state index in [1.807, 2.05) is 6.92 Å². The van der Waals surface area contributed by atoms with Gasteiger partial charge in [0.15, 0.2) is 0 Å². The van der Waals surface area contributed by atoms with Gasteiger partial charge >= 0.3 is 0 Å². The van der Waals surface area contributed by atoms with Crippen LogP contribution in [0.2, 0.25) is 0 Å². The van der Waals surface area contributed by atoms with E-state index in [1.54, 1.807) is 0 Å². The minimum atomic E-state index is -3.67. The maximum absolute atomic E-state index is 12.9. The summed E-state index contributed by atoms with van der Waals surface area (Å²) in [4.78, 5) is -0.00574. The lowest BCUT2D eigenvalue weighted by atomic mass is 10.3. The smallest absolute Gasteiger partial charge is 0.241 e. The zero-order valence-electron chi connectivity index (χ0n) is 10.4. The zero-order chi connectivity index (χ0) is 14.5. The SMILES string of the molecule is C=C(C)COCCNS(=O)(=O)c1ccc(F)cc1Br. The molecule has 0 amide bonds. The largest absolute Gasteiger partial charge is 0.376 e. The van der Waals surface area contributed by atoms with Gasteiger partial charge in [0.05, 0.1) is 18.1 Å². The summed E-state index contributed by atoms with van der Waals surface area (Å²) in [5.74, 6) is -0.504. The molecule has 0 atom stereocenters. The fourth-order valence-corrected chi connectivity index (χ4v) is 3.33. The summed E-state index contributed by atoms with van der Waals surface area (Å²) >= 11 is 3.02. The van der Waals surface area contributed by atoms with Gasteiger partial charge < -0.3 is 4.74 Å². The fourth-order valence-electron chi connectivity index (χ4n) is 1.27. The average Bonchev–Trinajstić information content (AvgIpc) is 2.27. The summed E-state index contributed by atoms with van der Waals surface area (Å²) in [5.41, 5.74) is 0.865. The van der Waals surface area contributed by atoms with Crippen LogP contribution in [0.1, 0.15) is 6.92 Å². The second-order valence-corrected chi connectivity index (χ2v) is 6.57. The second-order valence-electron chi connectivity index (χ2n) is 3.98. The maximum Gasteiger partial charge on any atom is 0.241 e. The molecule has 0 heterocycles. The Labute approximate surface area is 120 Å². The highest BCUT2D eigenvalue weighted by molar-refractivity contribution is 9.10. The minimum absolute atomic E-state index is 0.00574. The number of benzene rings is 1. The van der Waals surface area contributed by atoms with Gasteiger partial charge in [0, 0.05) is 11.0 Å². The summed E-state index contributed by atoms with van der Waals surface area (Å²) in [5, 5.41) is 0. The molecule has 1 N–H and O–H groups in total. The van der Waals surface area contributed by atoms with E-state index in [1.165, 1.54) is 6.07 Å². The molecule has 0 aliphatic heterocycles. The Morgan fingerprint density at radius 1 is 1.53 bits per heavy atom. The van der Waals surface area contributed by atoms with Gasteiger partial charge in [0.2, 0.25) is 10.0 Å². The fraction of sp³-hybridized carbons (Fsp3) is 0.333. The van der Waals surface area contributed by atoms with Crippen LogP contribution in [-0.2, 0) is 14.8 Å². The molecule has 7 heteroatoms. The molecule has 19 heavy (non-hydrogen) atoms. The minimum Gasteiger partial charge on any atom is -0.376 e. The van der Waals surface area contributed by atoms with Gasteiger partial charge in [-0.25, -0.2) is 17.5 Å². The third-order valence-electron chi connectivity index (χ3n) is 2.07. The Kier molecular flexibility index (Phi) is 6.12. The molecular formula is C12H15BrFNO3S. The highest BCUT2D eigenvalue weighted by Gasteiger charge is 2.17. The first-order valence-corrected chi connectivity index (χ1v) is 7.77. The van der Waals surface area contributed by atoms with Crippen molar-refractivity contribution in [1.82, 2.24) is 4.72 Å². The van der Waals surface area contributed by atoms with Gasteiger partial charge in [-0.15, -0.1) is 0 Å². The van der Waals surface area contributed by atoms with Crippen LogP contribution in [0.3, 0.4) is 0 Å². The van der Waals surface area contributed by atoms with Gasteiger partial charge in [-0.1, -0.05) is 12.2 Å². The van der Waals surface area contributed by atoms with Crippen molar-refractivity contribution >= 4 is 26.0 Å². The van der Waals surface area contributed by atoms with E-state index >= 15 is 0 Å². The van der Waals surface area contributed by atoms with Crippen molar-refractivity contribution in [2.45, 2.75) is 11.8 Å². The van der Waals surface area contributed by atoms with Gasteiger partial charge in [0.25, 0.3) is 0 Å². The number of nitrogens with one attached hydrogen (secondary N) is 1. The molecule has 1 rings (SSSR count). The Morgan fingerprint density at radius 2 is 2.21 bits per heavy atom. The molecule has 0 aliphatic rings. The number of sulfonamides is 1. The molecule has 0 saturated heterocycles. The van der Waals surface area contributed by atoms with Crippen LogP contribution in [0.5, 0.6) is 0 Å². The lowest BCUT2D eigenvalue weighted by Crippen LogP contribution is -2.28. The number of hydrogen-bond acceptors (Lipinski definition) is 3. The van der Waals surface area contributed by atoms with E-state index in [2.05, 4.69) is 27.2 Å². The first-order chi connectivity index (χ1) is 8.83. The highest BCUT2D eigenvalue weighted by Crippen LogP contribution is 2.22. The van der Waals surface area contributed by atoms with Crippen LogP contribution in [-0.4, -0.2) is 28.2 Å².